The van der Waals surface area contributed by atoms with E-state index in [2.05, 4.69) is 29.5 Å². The molecule has 1 atom stereocenters. The molecule has 1 aromatic carbocycles. The maximum absolute atomic E-state index is 6.00. The Morgan fingerprint density at radius 3 is 3.16 bits per heavy atom. The summed E-state index contributed by atoms with van der Waals surface area (Å²) in [5.74, 6) is 0. The Kier molecular flexibility index (Phi) is 3.55. The quantitative estimate of drug-likeness (QED) is 0.790. The van der Waals surface area contributed by atoms with Crippen molar-refractivity contribution in [1.82, 2.24) is 14.7 Å². The Balaban J connectivity index is 1.67. The number of rotatable bonds is 4. The molecule has 0 fully saturated rings. The number of nitrogens with one attached hydrogen (secondary N) is 1. The number of imidazole rings is 1. The van der Waals surface area contributed by atoms with Crippen LogP contribution in [0.25, 0.3) is 4.96 Å². The van der Waals surface area contributed by atoms with Crippen LogP contribution < -0.4 is 5.32 Å². The lowest BCUT2D eigenvalue weighted by Crippen LogP contribution is -2.18. The second-order valence-corrected chi connectivity index (χ2v) is 5.79. The van der Waals surface area contributed by atoms with Crippen LogP contribution in [0.5, 0.6) is 0 Å². The molecule has 1 N–H and O–H groups in total. The normalized spacial score (nSPS) is 12.9. The highest BCUT2D eigenvalue weighted by atomic mass is 35.5. The molecule has 0 aliphatic carbocycles. The Hall–Kier alpha value is -1.36. The molecule has 0 saturated carbocycles. The first-order valence-corrected chi connectivity index (χ1v) is 7.38. The van der Waals surface area contributed by atoms with E-state index < -0.39 is 0 Å². The molecule has 0 bridgehead atoms. The van der Waals surface area contributed by atoms with E-state index in [9.17, 15) is 0 Å². The van der Waals surface area contributed by atoms with E-state index in [1.165, 1.54) is 5.56 Å². The van der Waals surface area contributed by atoms with Crippen molar-refractivity contribution >= 4 is 27.9 Å². The van der Waals surface area contributed by atoms with Crippen LogP contribution in [0, 0.1) is 0 Å². The third-order valence-corrected chi connectivity index (χ3v) is 4.09. The van der Waals surface area contributed by atoms with Gasteiger partial charge in [0.1, 0.15) is 0 Å². The monoisotopic (exact) mass is 291 g/mol. The van der Waals surface area contributed by atoms with Crippen molar-refractivity contribution in [3.63, 3.8) is 0 Å². The Labute approximate surface area is 120 Å². The minimum Gasteiger partial charge on any atom is -0.305 e. The van der Waals surface area contributed by atoms with Crippen molar-refractivity contribution in [2.24, 2.45) is 0 Å². The average molecular weight is 292 g/mol. The Bertz CT molecular complexity index is 660. The van der Waals surface area contributed by atoms with Crippen LogP contribution >= 0.6 is 22.9 Å². The fraction of sp³-hybridized carbons (Fsp3) is 0.214. The van der Waals surface area contributed by atoms with Crippen molar-refractivity contribution < 1.29 is 0 Å². The van der Waals surface area contributed by atoms with Crippen molar-refractivity contribution in [1.29, 1.82) is 0 Å². The van der Waals surface area contributed by atoms with Crippen LogP contribution in [-0.4, -0.2) is 9.38 Å². The van der Waals surface area contributed by atoms with E-state index in [0.29, 0.717) is 0 Å². The summed E-state index contributed by atoms with van der Waals surface area (Å²) in [6, 6.07) is 8.18. The SMILES string of the molecule is CC(NCc1cn2ccsc2n1)c1cccc(Cl)c1. The van der Waals surface area contributed by atoms with Crippen LogP contribution in [0.15, 0.2) is 42.0 Å². The standard InChI is InChI=1S/C14H14ClN3S/c1-10(11-3-2-4-12(15)7-11)16-8-13-9-18-5-6-19-14(18)17-13/h2-7,9-10,16H,8H2,1H3. The first-order chi connectivity index (χ1) is 9.22. The van der Waals surface area contributed by atoms with E-state index in [4.69, 9.17) is 11.6 Å². The first kappa shape index (κ1) is 12.7. The third-order valence-electron chi connectivity index (χ3n) is 3.08. The van der Waals surface area contributed by atoms with Crippen LogP contribution in [0.1, 0.15) is 24.2 Å². The summed E-state index contributed by atoms with van der Waals surface area (Å²) in [6.07, 6.45) is 4.08. The maximum Gasteiger partial charge on any atom is 0.193 e. The first-order valence-electron chi connectivity index (χ1n) is 6.12. The number of halogens is 1. The molecule has 0 spiro atoms. The summed E-state index contributed by atoms with van der Waals surface area (Å²) in [5.41, 5.74) is 2.24. The molecule has 0 aliphatic rings. The zero-order valence-corrected chi connectivity index (χ0v) is 12.1. The summed E-state index contributed by atoms with van der Waals surface area (Å²) in [6.45, 7) is 2.88. The summed E-state index contributed by atoms with van der Waals surface area (Å²) in [5, 5.41) is 6.27. The minimum absolute atomic E-state index is 0.249. The molecule has 0 amide bonds. The molecule has 0 radical (unpaired) electrons. The van der Waals surface area contributed by atoms with Crippen LogP contribution in [-0.2, 0) is 6.54 Å². The number of hydrogen-bond acceptors (Lipinski definition) is 3. The smallest absolute Gasteiger partial charge is 0.193 e. The number of fused-ring (bicyclic) bond motifs is 1. The lowest BCUT2D eigenvalue weighted by Gasteiger charge is -2.13. The number of aromatic nitrogens is 2. The number of benzene rings is 1. The van der Waals surface area contributed by atoms with Crippen molar-refractivity contribution in [2.75, 3.05) is 0 Å². The summed E-state index contributed by atoms with van der Waals surface area (Å²) in [7, 11) is 0. The summed E-state index contributed by atoms with van der Waals surface area (Å²) >= 11 is 7.65. The summed E-state index contributed by atoms with van der Waals surface area (Å²) in [4.78, 5) is 5.58. The maximum atomic E-state index is 6.00. The van der Waals surface area contributed by atoms with Crippen LogP contribution in [0.2, 0.25) is 5.02 Å². The van der Waals surface area contributed by atoms with Gasteiger partial charge in [-0.15, -0.1) is 11.3 Å². The molecule has 3 aromatic rings. The average Bonchev–Trinajstić information content (AvgIpc) is 2.96. The molecular weight excluding hydrogens is 278 g/mol. The highest BCUT2D eigenvalue weighted by molar-refractivity contribution is 7.15. The van der Waals surface area contributed by atoms with Gasteiger partial charge in [-0.2, -0.15) is 0 Å². The fourth-order valence-corrected chi connectivity index (χ4v) is 2.93. The molecule has 3 rings (SSSR count). The number of hydrogen-bond donors (Lipinski definition) is 1. The van der Waals surface area contributed by atoms with Crippen molar-refractivity contribution in [3.8, 4) is 0 Å². The Morgan fingerprint density at radius 2 is 2.37 bits per heavy atom. The predicted octanol–water partition coefficient (Wildman–Crippen LogP) is 3.90. The fourth-order valence-electron chi connectivity index (χ4n) is 2.01. The predicted molar refractivity (Wildman–Crippen MR) is 79.8 cm³/mol. The van der Waals surface area contributed by atoms with Crippen LogP contribution in [0.3, 0.4) is 0 Å². The second-order valence-electron chi connectivity index (χ2n) is 4.48. The minimum atomic E-state index is 0.249. The molecule has 2 heterocycles. The lowest BCUT2D eigenvalue weighted by molar-refractivity contribution is 0.569. The van der Waals surface area contributed by atoms with Gasteiger partial charge in [-0.05, 0) is 24.6 Å². The Morgan fingerprint density at radius 1 is 1.47 bits per heavy atom. The van der Waals surface area contributed by atoms with Gasteiger partial charge in [0.05, 0.1) is 5.69 Å². The highest BCUT2D eigenvalue weighted by Gasteiger charge is 2.07. The molecule has 3 nitrogen and oxygen atoms in total. The van der Waals surface area contributed by atoms with E-state index in [-0.39, 0.29) is 6.04 Å². The zero-order chi connectivity index (χ0) is 13.2. The molecule has 2 aromatic heterocycles. The van der Waals surface area contributed by atoms with Gasteiger partial charge >= 0.3 is 0 Å². The van der Waals surface area contributed by atoms with Gasteiger partial charge in [-0.3, -0.25) is 4.40 Å². The largest absolute Gasteiger partial charge is 0.305 e. The van der Waals surface area contributed by atoms with Gasteiger partial charge < -0.3 is 5.32 Å². The molecule has 0 saturated heterocycles. The molecule has 1 unspecified atom stereocenters. The second kappa shape index (κ2) is 5.33. The zero-order valence-electron chi connectivity index (χ0n) is 10.5. The number of thiazole rings is 1. The van der Waals surface area contributed by atoms with Crippen molar-refractivity contribution in [2.45, 2.75) is 19.5 Å². The highest BCUT2D eigenvalue weighted by Crippen LogP contribution is 2.18. The van der Waals surface area contributed by atoms with Gasteiger partial charge in [0.2, 0.25) is 0 Å². The van der Waals surface area contributed by atoms with E-state index in [0.717, 1.165) is 22.2 Å². The molecule has 98 valence electrons. The van der Waals surface area contributed by atoms with E-state index >= 15 is 0 Å². The van der Waals surface area contributed by atoms with E-state index in [1.807, 2.05) is 34.2 Å². The van der Waals surface area contributed by atoms with Gasteiger partial charge in [-0.25, -0.2) is 4.98 Å². The van der Waals surface area contributed by atoms with Crippen molar-refractivity contribution in [3.05, 3.63) is 58.3 Å². The molecule has 5 heteroatoms. The van der Waals surface area contributed by atoms with Gasteiger partial charge in [-0.1, -0.05) is 23.7 Å². The van der Waals surface area contributed by atoms with Gasteiger partial charge in [0.15, 0.2) is 4.96 Å². The number of nitrogens with zero attached hydrogens (tertiary/aromatic N) is 2. The third kappa shape index (κ3) is 2.81. The molecule has 0 aliphatic heterocycles. The topological polar surface area (TPSA) is 29.3 Å². The van der Waals surface area contributed by atoms with E-state index in [1.54, 1.807) is 11.3 Å². The molecule has 19 heavy (non-hydrogen) atoms. The molecular formula is C14H14ClN3S. The lowest BCUT2D eigenvalue weighted by atomic mass is 10.1. The summed E-state index contributed by atoms with van der Waals surface area (Å²) < 4.78 is 2.05. The van der Waals surface area contributed by atoms with Gasteiger partial charge in [0, 0.05) is 35.4 Å². The van der Waals surface area contributed by atoms with Crippen LogP contribution in [0.4, 0.5) is 0 Å². The van der Waals surface area contributed by atoms with Gasteiger partial charge in [0.25, 0.3) is 0 Å².